The van der Waals surface area contributed by atoms with Gasteiger partial charge in [-0.15, -0.1) is 0 Å². The Bertz CT molecular complexity index is 634. The van der Waals surface area contributed by atoms with E-state index in [1.54, 1.807) is 6.08 Å². The lowest BCUT2D eigenvalue weighted by Crippen LogP contribution is -2.38. The molecular formula is C22H28O. The van der Waals surface area contributed by atoms with Gasteiger partial charge in [0, 0.05) is 5.92 Å². The molecule has 3 rings (SSSR count). The Morgan fingerprint density at radius 1 is 1.17 bits per heavy atom. The minimum absolute atomic E-state index is 0.205. The highest BCUT2D eigenvalue weighted by atomic mass is 16.1. The van der Waals surface area contributed by atoms with Gasteiger partial charge in [0.1, 0.15) is 0 Å². The number of ketones is 1. The van der Waals surface area contributed by atoms with Crippen molar-refractivity contribution in [1.82, 2.24) is 0 Å². The second kappa shape index (κ2) is 6.47. The molecule has 1 heteroatoms. The fraction of sp³-hybridized carbons (Fsp3) is 0.500. The van der Waals surface area contributed by atoms with Crippen LogP contribution in [0.25, 0.3) is 6.08 Å². The normalized spacial score (nSPS) is 30.8. The predicted molar refractivity (Wildman–Crippen MR) is 97.1 cm³/mol. The van der Waals surface area contributed by atoms with E-state index in [0.29, 0.717) is 17.1 Å². The van der Waals surface area contributed by atoms with Crippen LogP contribution in [0.5, 0.6) is 0 Å². The quantitative estimate of drug-likeness (QED) is 0.514. The van der Waals surface area contributed by atoms with E-state index in [1.165, 1.54) is 30.4 Å². The highest BCUT2D eigenvalue weighted by Crippen LogP contribution is 2.52. The lowest BCUT2D eigenvalue weighted by atomic mass is 9.58. The van der Waals surface area contributed by atoms with Crippen molar-refractivity contribution in [1.29, 1.82) is 0 Å². The van der Waals surface area contributed by atoms with Crippen LogP contribution >= 0.6 is 0 Å². The third-order valence-electron chi connectivity index (χ3n) is 6.08. The van der Waals surface area contributed by atoms with E-state index in [9.17, 15) is 4.79 Å². The molecule has 3 unspecified atom stereocenters. The molecule has 3 atom stereocenters. The first-order chi connectivity index (χ1) is 11.0. The molecule has 0 aromatic heterocycles. The fourth-order valence-electron chi connectivity index (χ4n) is 4.42. The summed E-state index contributed by atoms with van der Waals surface area (Å²) in [5, 5.41) is 0. The van der Waals surface area contributed by atoms with Crippen molar-refractivity contribution in [3.8, 4) is 0 Å². The van der Waals surface area contributed by atoms with E-state index < -0.39 is 0 Å². The molecule has 0 bridgehead atoms. The standard InChI is InChI=1S/C22H28O/c1-16-6-8-18(9-7-16)10-11-21(23)19-12-14-22(3)13-4-5-17(2)20(22)15-19/h5-11,19-20H,4,12-15H2,1-3H3. The Labute approximate surface area is 140 Å². The molecule has 2 aliphatic carbocycles. The topological polar surface area (TPSA) is 17.1 Å². The molecule has 2 aliphatic rings. The SMILES string of the molecule is CC1=CCCC2(C)CCC(C(=O)C=Cc3ccc(C)cc3)CC12. The van der Waals surface area contributed by atoms with Gasteiger partial charge in [-0.3, -0.25) is 4.79 Å². The highest BCUT2D eigenvalue weighted by molar-refractivity contribution is 5.95. The lowest BCUT2D eigenvalue weighted by Gasteiger charge is -2.47. The first kappa shape index (κ1) is 16.2. The van der Waals surface area contributed by atoms with Crippen molar-refractivity contribution in [2.45, 2.75) is 52.9 Å². The summed E-state index contributed by atoms with van der Waals surface area (Å²) in [5.41, 5.74) is 4.30. The molecule has 1 aromatic rings. The molecule has 1 saturated carbocycles. The van der Waals surface area contributed by atoms with Gasteiger partial charge in [0.15, 0.2) is 5.78 Å². The zero-order valence-electron chi connectivity index (χ0n) is 14.6. The zero-order valence-corrected chi connectivity index (χ0v) is 14.6. The first-order valence-electron chi connectivity index (χ1n) is 8.93. The molecule has 0 aliphatic heterocycles. The molecule has 0 N–H and O–H groups in total. The second-order valence-corrected chi connectivity index (χ2v) is 7.81. The molecule has 0 spiro atoms. The minimum atomic E-state index is 0.205. The van der Waals surface area contributed by atoms with Crippen molar-refractivity contribution < 1.29 is 4.79 Å². The van der Waals surface area contributed by atoms with Crippen molar-refractivity contribution in [3.63, 3.8) is 0 Å². The molecule has 0 saturated heterocycles. The van der Waals surface area contributed by atoms with Gasteiger partial charge < -0.3 is 0 Å². The highest BCUT2D eigenvalue weighted by Gasteiger charge is 2.42. The van der Waals surface area contributed by atoms with Crippen LogP contribution in [0, 0.1) is 24.2 Å². The summed E-state index contributed by atoms with van der Waals surface area (Å²) in [7, 11) is 0. The monoisotopic (exact) mass is 308 g/mol. The summed E-state index contributed by atoms with van der Waals surface area (Å²) in [6, 6.07) is 8.33. The molecule has 1 nitrogen and oxygen atoms in total. The predicted octanol–water partition coefficient (Wildman–Crippen LogP) is 5.74. The first-order valence-corrected chi connectivity index (χ1v) is 8.93. The van der Waals surface area contributed by atoms with Crippen molar-refractivity contribution >= 4 is 11.9 Å². The van der Waals surface area contributed by atoms with E-state index in [4.69, 9.17) is 0 Å². The van der Waals surface area contributed by atoms with E-state index >= 15 is 0 Å². The smallest absolute Gasteiger partial charge is 0.158 e. The number of hydrogen-bond acceptors (Lipinski definition) is 1. The molecule has 1 fully saturated rings. The number of fused-ring (bicyclic) bond motifs is 1. The number of carbonyl (C=O) groups is 1. The maximum atomic E-state index is 12.6. The van der Waals surface area contributed by atoms with Crippen LogP contribution in [0.2, 0.25) is 0 Å². The molecule has 1 aromatic carbocycles. The summed E-state index contributed by atoms with van der Waals surface area (Å²) < 4.78 is 0. The van der Waals surface area contributed by atoms with Crippen LogP contribution < -0.4 is 0 Å². The third-order valence-corrected chi connectivity index (χ3v) is 6.08. The summed E-state index contributed by atoms with van der Waals surface area (Å²) in [4.78, 5) is 12.6. The van der Waals surface area contributed by atoms with E-state index in [1.807, 2.05) is 6.08 Å². The number of rotatable bonds is 3. The van der Waals surface area contributed by atoms with Crippen LogP contribution in [0.4, 0.5) is 0 Å². The van der Waals surface area contributed by atoms with Gasteiger partial charge in [0.25, 0.3) is 0 Å². The molecule has 0 amide bonds. The Hall–Kier alpha value is -1.63. The van der Waals surface area contributed by atoms with Gasteiger partial charge >= 0.3 is 0 Å². The number of benzene rings is 1. The zero-order chi connectivity index (χ0) is 16.4. The van der Waals surface area contributed by atoms with Gasteiger partial charge in [-0.1, -0.05) is 54.5 Å². The minimum Gasteiger partial charge on any atom is -0.295 e. The molecular weight excluding hydrogens is 280 g/mol. The van der Waals surface area contributed by atoms with Crippen LogP contribution in [-0.4, -0.2) is 5.78 Å². The van der Waals surface area contributed by atoms with Crippen molar-refractivity contribution in [2.75, 3.05) is 0 Å². The Morgan fingerprint density at radius 3 is 2.65 bits per heavy atom. The van der Waals surface area contributed by atoms with Crippen LogP contribution in [-0.2, 0) is 4.79 Å². The maximum Gasteiger partial charge on any atom is 0.158 e. The molecule has 0 heterocycles. The number of hydrogen-bond donors (Lipinski definition) is 0. The maximum absolute atomic E-state index is 12.6. The van der Waals surface area contributed by atoms with E-state index in [-0.39, 0.29) is 5.92 Å². The fourth-order valence-corrected chi connectivity index (χ4v) is 4.42. The Morgan fingerprint density at radius 2 is 1.91 bits per heavy atom. The van der Waals surface area contributed by atoms with Gasteiger partial charge in [-0.25, -0.2) is 0 Å². The van der Waals surface area contributed by atoms with Crippen molar-refractivity contribution in [3.05, 3.63) is 53.1 Å². The molecule has 23 heavy (non-hydrogen) atoms. The Kier molecular flexibility index (Phi) is 4.57. The van der Waals surface area contributed by atoms with Gasteiger partial charge in [0.05, 0.1) is 0 Å². The van der Waals surface area contributed by atoms with Gasteiger partial charge in [0.2, 0.25) is 0 Å². The van der Waals surface area contributed by atoms with Crippen LogP contribution in [0.15, 0.2) is 42.0 Å². The second-order valence-electron chi connectivity index (χ2n) is 7.81. The summed E-state index contributed by atoms with van der Waals surface area (Å²) in [6.07, 6.45) is 11.9. The van der Waals surface area contributed by atoms with Crippen LogP contribution in [0.3, 0.4) is 0 Å². The molecule has 0 radical (unpaired) electrons. The average molecular weight is 308 g/mol. The number of allylic oxidation sites excluding steroid dienone is 3. The number of carbonyl (C=O) groups excluding carboxylic acids is 1. The Balaban J connectivity index is 1.68. The largest absolute Gasteiger partial charge is 0.295 e. The summed E-state index contributed by atoms with van der Waals surface area (Å²) in [6.45, 7) is 6.77. The average Bonchev–Trinajstić information content (AvgIpc) is 2.54. The number of aryl methyl sites for hydroxylation is 1. The van der Waals surface area contributed by atoms with Gasteiger partial charge in [-0.05, 0) is 68.9 Å². The summed E-state index contributed by atoms with van der Waals surface area (Å²) in [5.74, 6) is 1.12. The molecule has 122 valence electrons. The third kappa shape index (κ3) is 3.49. The van der Waals surface area contributed by atoms with Gasteiger partial charge in [-0.2, -0.15) is 0 Å². The van der Waals surface area contributed by atoms with Crippen LogP contribution in [0.1, 0.15) is 57.1 Å². The van der Waals surface area contributed by atoms with E-state index in [0.717, 1.165) is 18.4 Å². The summed E-state index contributed by atoms with van der Waals surface area (Å²) >= 11 is 0. The van der Waals surface area contributed by atoms with Crippen molar-refractivity contribution in [2.24, 2.45) is 17.3 Å². The lowest BCUT2D eigenvalue weighted by molar-refractivity contribution is -0.120. The van der Waals surface area contributed by atoms with E-state index in [2.05, 4.69) is 51.1 Å².